The van der Waals surface area contributed by atoms with Gasteiger partial charge in [-0.05, 0) is 67.2 Å². The normalized spacial score (nSPS) is 12.7. The van der Waals surface area contributed by atoms with Gasteiger partial charge in [-0.15, -0.1) is 0 Å². The third kappa shape index (κ3) is 22.3. The Hall–Kier alpha value is -2.03. The molecule has 136 valence electrons. The van der Waals surface area contributed by atoms with Crippen molar-refractivity contribution >= 4 is 6.16 Å². The monoisotopic (exact) mass is 334 g/mol. The first kappa shape index (κ1) is 24.2. The molecule has 0 atom stereocenters. The molecule has 0 bridgehead atoms. The van der Waals surface area contributed by atoms with Gasteiger partial charge in [-0.25, -0.2) is 4.79 Å². The Bertz CT molecular complexity index is 495. The molecule has 24 heavy (non-hydrogen) atoms. The fraction of sp³-hybridized carbons (Fsp3) is 0.476. The summed E-state index contributed by atoms with van der Waals surface area (Å²) in [6.45, 7) is 13.0. The Morgan fingerprint density at radius 2 is 1.38 bits per heavy atom. The molecule has 2 N–H and O–H groups in total. The molecule has 0 aliphatic carbocycles. The Balaban J connectivity index is 0. The lowest BCUT2D eigenvalue weighted by molar-refractivity contribution is 0.137. The molecule has 3 nitrogen and oxygen atoms in total. The number of carboxylic acid groups (broad SMARTS) is 2. The van der Waals surface area contributed by atoms with Crippen LogP contribution in [-0.2, 0) is 0 Å². The maximum absolute atomic E-state index is 8.56. The van der Waals surface area contributed by atoms with Crippen LogP contribution in [0.5, 0.6) is 0 Å². The van der Waals surface area contributed by atoms with E-state index in [-0.39, 0.29) is 0 Å². The molecule has 0 aromatic rings. The first-order valence-corrected chi connectivity index (χ1v) is 8.36. The predicted molar refractivity (Wildman–Crippen MR) is 105 cm³/mol. The van der Waals surface area contributed by atoms with Crippen LogP contribution in [0, 0.1) is 0 Å². The van der Waals surface area contributed by atoms with E-state index in [1.807, 2.05) is 0 Å². The van der Waals surface area contributed by atoms with Gasteiger partial charge in [0.05, 0.1) is 0 Å². The number of allylic oxidation sites excluding steroid dienone is 10. The zero-order valence-electron chi connectivity index (χ0n) is 16.1. The lowest BCUT2D eigenvalue weighted by atomic mass is 10.1. The van der Waals surface area contributed by atoms with Gasteiger partial charge in [0.15, 0.2) is 0 Å². The molecule has 0 aromatic carbocycles. The fourth-order valence-electron chi connectivity index (χ4n) is 1.78. The Morgan fingerprint density at radius 1 is 0.875 bits per heavy atom. The van der Waals surface area contributed by atoms with Crippen LogP contribution in [0.3, 0.4) is 0 Å². The molecule has 0 heterocycles. The second kappa shape index (κ2) is 15.9. The zero-order chi connectivity index (χ0) is 19.0. The number of carbonyl (C=O) groups is 1. The van der Waals surface area contributed by atoms with Crippen LogP contribution in [0.25, 0.3) is 0 Å². The molecule has 0 aromatic heterocycles. The minimum atomic E-state index is -1.83. The van der Waals surface area contributed by atoms with E-state index in [1.54, 1.807) is 0 Å². The van der Waals surface area contributed by atoms with Gasteiger partial charge in [0.2, 0.25) is 0 Å². The van der Waals surface area contributed by atoms with Crippen LogP contribution in [0.1, 0.15) is 67.2 Å². The summed E-state index contributed by atoms with van der Waals surface area (Å²) in [6, 6.07) is 0. The molecule has 0 fully saturated rings. The van der Waals surface area contributed by atoms with Crippen molar-refractivity contribution in [1.82, 2.24) is 0 Å². The largest absolute Gasteiger partial charge is 0.503 e. The molecule has 0 aliphatic rings. The van der Waals surface area contributed by atoms with Crippen molar-refractivity contribution in [1.29, 1.82) is 0 Å². The molecule has 0 saturated carbocycles. The van der Waals surface area contributed by atoms with Crippen LogP contribution >= 0.6 is 0 Å². The Labute approximate surface area is 147 Å². The van der Waals surface area contributed by atoms with Crippen LogP contribution in [0.4, 0.5) is 4.79 Å². The summed E-state index contributed by atoms with van der Waals surface area (Å²) in [5, 5.41) is 13.9. The Kier molecular flexibility index (Phi) is 16.0. The summed E-state index contributed by atoms with van der Waals surface area (Å²) in [5.41, 5.74) is 5.68. The van der Waals surface area contributed by atoms with E-state index in [4.69, 9.17) is 15.0 Å². The number of hydrogen-bond acceptors (Lipinski definition) is 1. The average molecular weight is 334 g/mol. The van der Waals surface area contributed by atoms with E-state index >= 15 is 0 Å². The lowest BCUT2D eigenvalue weighted by Gasteiger charge is -2.00. The first-order chi connectivity index (χ1) is 11.2. The molecule has 3 heteroatoms. The van der Waals surface area contributed by atoms with Gasteiger partial charge in [0.1, 0.15) is 0 Å². The van der Waals surface area contributed by atoms with Crippen molar-refractivity contribution in [3.05, 3.63) is 58.7 Å². The first-order valence-electron chi connectivity index (χ1n) is 8.36. The smallest absolute Gasteiger partial charge is 0.450 e. The van der Waals surface area contributed by atoms with Crippen LogP contribution in [0.15, 0.2) is 58.7 Å². The van der Waals surface area contributed by atoms with E-state index in [2.05, 4.69) is 78.0 Å². The van der Waals surface area contributed by atoms with E-state index in [1.165, 1.54) is 35.1 Å². The highest BCUT2D eigenvalue weighted by Crippen LogP contribution is 2.11. The van der Waals surface area contributed by atoms with Crippen molar-refractivity contribution in [3.8, 4) is 0 Å². The average Bonchev–Trinajstić information content (AvgIpc) is 2.46. The fourth-order valence-corrected chi connectivity index (χ4v) is 1.78. The van der Waals surface area contributed by atoms with Crippen molar-refractivity contribution in [2.24, 2.45) is 0 Å². The van der Waals surface area contributed by atoms with Crippen molar-refractivity contribution in [2.45, 2.75) is 67.2 Å². The predicted octanol–water partition coefficient (Wildman–Crippen LogP) is 7.15. The molecular weight excluding hydrogens is 300 g/mol. The van der Waals surface area contributed by atoms with Crippen molar-refractivity contribution in [3.63, 3.8) is 0 Å². The number of rotatable bonds is 8. The highest BCUT2D eigenvalue weighted by Gasteiger charge is 1.91. The standard InChI is InChI=1S/C20H32.CH2O3/c1-7-18(4)12-9-14-20(6)16-10-15-19(5)13-8-11-17(2)3;2-1(3)4/h7,9,11-12,14-15H,8,10,13,16H2,1-6H3;(H2,2,3,4)/b12-9+,18-7+,19-15+,20-14+;. The minimum Gasteiger partial charge on any atom is -0.450 e. The van der Waals surface area contributed by atoms with Gasteiger partial charge in [0.25, 0.3) is 0 Å². The second-order valence-corrected chi connectivity index (χ2v) is 6.10. The summed E-state index contributed by atoms with van der Waals surface area (Å²) < 4.78 is 0. The molecule has 0 radical (unpaired) electrons. The van der Waals surface area contributed by atoms with E-state index in [0.717, 1.165) is 12.8 Å². The molecule has 0 amide bonds. The molecule has 0 unspecified atom stereocenters. The summed E-state index contributed by atoms with van der Waals surface area (Å²) >= 11 is 0. The van der Waals surface area contributed by atoms with Crippen molar-refractivity contribution in [2.75, 3.05) is 0 Å². The van der Waals surface area contributed by atoms with Crippen molar-refractivity contribution < 1.29 is 15.0 Å². The SMILES string of the molecule is C/C=C(C)/C=C/C=C(\C)CC/C=C(\C)CCC=C(C)C.O=C(O)O. The van der Waals surface area contributed by atoms with Crippen LogP contribution in [0.2, 0.25) is 0 Å². The zero-order valence-corrected chi connectivity index (χ0v) is 16.1. The van der Waals surface area contributed by atoms with Gasteiger partial charge in [-0.2, -0.15) is 0 Å². The molecule has 0 rings (SSSR count). The van der Waals surface area contributed by atoms with Crippen LogP contribution in [-0.4, -0.2) is 16.4 Å². The number of hydrogen-bond donors (Lipinski definition) is 2. The molecule has 0 aliphatic heterocycles. The highest BCUT2D eigenvalue weighted by atomic mass is 16.6. The van der Waals surface area contributed by atoms with Gasteiger partial charge >= 0.3 is 6.16 Å². The van der Waals surface area contributed by atoms with Gasteiger partial charge in [-0.3, -0.25) is 0 Å². The third-order valence-corrected chi connectivity index (χ3v) is 3.32. The molecular formula is C21H34O3. The second-order valence-electron chi connectivity index (χ2n) is 6.10. The maximum atomic E-state index is 8.56. The van der Waals surface area contributed by atoms with Gasteiger partial charge in [0, 0.05) is 0 Å². The maximum Gasteiger partial charge on any atom is 0.503 e. The van der Waals surface area contributed by atoms with Gasteiger partial charge in [-0.1, -0.05) is 58.7 Å². The highest BCUT2D eigenvalue weighted by molar-refractivity contribution is 5.53. The third-order valence-electron chi connectivity index (χ3n) is 3.32. The quantitative estimate of drug-likeness (QED) is 0.366. The molecule has 0 spiro atoms. The van der Waals surface area contributed by atoms with E-state index < -0.39 is 6.16 Å². The lowest BCUT2D eigenvalue weighted by Crippen LogP contribution is -1.81. The summed E-state index contributed by atoms with van der Waals surface area (Å²) in [6.07, 6.45) is 16.2. The Morgan fingerprint density at radius 3 is 1.88 bits per heavy atom. The minimum absolute atomic E-state index is 1.15. The van der Waals surface area contributed by atoms with E-state index in [0.29, 0.717) is 0 Å². The van der Waals surface area contributed by atoms with E-state index in [9.17, 15) is 0 Å². The summed E-state index contributed by atoms with van der Waals surface area (Å²) in [7, 11) is 0. The van der Waals surface area contributed by atoms with Gasteiger partial charge < -0.3 is 10.2 Å². The van der Waals surface area contributed by atoms with Crippen LogP contribution < -0.4 is 0 Å². The topological polar surface area (TPSA) is 57.5 Å². The summed E-state index contributed by atoms with van der Waals surface area (Å²) in [5.74, 6) is 0. The molecule has 0 saturated heterocycles. The summed E-state index contributed by atoms with van der Waals surface area (Å²) in [4.78, 5) is 8.56.